The summed E-state index contributed by atoms with van der Waals surface area (Å²) in [5, 5.41) is 0. The zero-order valence-corrected chi connectivity index (χ0v) is 13.9. The Balaban J connectivity index is 2.49. The predicted molar refractivity (Wildman–Crippen MR) is 89.0 cm³/mol. The number of hydrogen-bond donors (Lipinski definition) is 1. The van der Waals surface area contributed by atoms with Crippen molar-refractivity contribution >= 4 is 11.0 Å². The van der Waals surface area contributed by atoms with Crippen LogP contribution in [0.5, 0.6) is 11.5 Å². The Morgan fingerprint density at radius 2 is 1.79 bits per heavy atom. The third-order valence-corrected chi connectivity index (χ3v) is 3.66. The van der Waals surface area contributed by atoms with E-state index in [2.05, 4.69) is 15.0 Å². The number of hydrogen-bond acceptors (Lipinski definition) is 6. The van der Waals surface area contributed by atoms with Gasteiger partial charge in [0.05, 0.1) is 25.3 Å². The number of nitrogens with one attached hydrogen (secondary N) is 1. The molecule has 126 valence electrons. The van der Waals surface area contributed by atoms with Gasteiger partial charge in [-0.2, -0.15) is 4.98 Å². The van der Waals surface area contributed by atoms with Crippen LogP contribution >= 0.6 is 0 Å². The summed E-state index contributed by atoms with van der Waals surface area (Å²) in [5.41, 5.74) is 0.152. The van der Waals surface area contributed by atoms with Gasteiger partial charge in [-0.1, -0.05) is 13.8 Å². The van der Waals surface area contributed by atoms with Crippen LogP contribution in [0.25, 0.3) is 22.6 Å². The van der Waals surface area contributed by atoms with Gasteiger partial charge in [0.15, 0.2) is 23.0 Å². The molecule has 2 aliphatic heterocycles. The summed E-state index contributed by atoms with van der Waals surface area (Å²) < 4.78 is 12.5. The summed E-state index contributed by atoms with van der Waals surface area (Å²) in [6, 6.07) is 3.48. The molecule has 0 bridgehead atoms. The molecule has 1 N–H and O–H groups in total. The molecule has 0 unspecified atom stereocenters. The number of fused-ring (bicyclic) bond motifs is 2. The van der Waals surface area contributed by atoms with Gasteiger partial charge >= 0.3 is 5.69 Å². The fourth-order valence-corrected chi connectivity index (χ4v) is 2.67. The normalized spacial score (nSPS) is 11.4. The molecule has 8 nitrogen and oxygen atoms in total. The average molecular weight is 330 g/mol. The topological polar surface area (TPSA) is 99.1 Å². The lowest BCUT2D eigenvalue weighted by molar-refractivity contribution is 0.355. The molecule has 2 heterocycles. The van der Waals surface area contributed by atoms with Gasteiger partial charge in [-0.25, -0.2) is 9.78 Å². The maximum absolute atomic E-state index is 12.1. The van der Waals surface area contributed by atoms with Crippen molar-refractivity contribution in [1.82, 2.24) is 19.5 Å². The molecule has 3 rings (SSSR count). The number of aromatic nitrogens is 4. The minimum absolute atomic E-state index is 0.120. The number of H-pyrrole nitrogens is 1. The lowest BCUT2D eigenvalue weighted by Crippen LogP contribution is -2.29. The van der Waals surface area contributed by atoms with Crippen LogP contribution in [0.3, 0.4) is 0 Å². The molecular formula is C16H18N4O4. The van der Waals surface area contributed by atoms with Crippen LogP contribution in [0.4, 0.5) is 0 Å². The molecule has 1 aromatic carbocycles. The molecule has 0 aliphatic carbocycles. The zero-order chi connectivity index (χ0) is 17.4. The number of rotatable bonds is 4. The van der Waals surface area contributed by atoms with E-state index in [1.165, 1.54) is 7.11 Å². The largest absolute Gasteiger partial charge is 0.493 e. The minimum atomic E-state index is -0.688. The van der Waals surface area contributed by atoms with Gasteiger partial charge in [-0.05, 0) is 5.92 Å². The summed E-state index contributed by atoms with van der Waals surface area (Å²) in [7, 11) is 3.08. The summed E-state index contributed by atoms with van der Waals surface area (Å²) in [6.07, 6.45) is 0. The summed E-state index contributed by atoms with van der Waals surface area (Å²) in [6.45, 7) is 4.65. The van der Waals surface area contributed by atoms with Crippen molar-refractivity contribution in [3.8, 4) is 23.0 Å². The Morgan fingerprint density at radius 3 is 2.42 bits per heavy atom. The molecule has 0 saturated carbocycles. The monoisotopic (exact) mass is 330 g/mol. The molecule has 0 spiro atoms. The third kappa shape index (κ3) is 2.60. The van der Waals surface area contributed by atoms with E-state index in [0.29, 0.717) is 29.1 Å². The van der Waals surface area contributed by atoms with Gasteiger partial charge in [0.25, 0.3) is 5.56 Å². The number of nitrogens with zero attached hydrogens (tertiary/aromatic N) is 3. The SMILES string of the molecule is COc1cc2nc3c(=O)[nH]c(=O)nc-3n(CC(C)C)c2cc1OC. The Hall–Kier alpha value is -2.90. The second-order valence-electron chi connectivity index (χ2n) is 5.86. The second kappa shape index (κ2) is 5.95. The first-order chi connectivity index (χ1) is 11.4. The quantitative estimate of drug-likeness (QED) is 0.723. The highest BCUT2D eigenvalue weighted by atomic mass is 16.5. The molecule has 8 heteroatoms. The van der Waals surface area contributed by atoms with E-state index in [1.807, 2.05) is 18.4 Å². The predicted octanol–water partition coefficient (Wildman–Crippen LogP) is 1.26. The summed E-state index contributed by atoms with van der Waals surface area (Å²) in [4.78, 5) is 34.3. The van der Waals surface area contributed by atoms with Crippen LogP contribution in [-0.2, 0) is 6.54 Å². The van der Waals surface area contributed by atoms with Gasteiger partial charge in [-0.15, -0.1) is 0 Å². The first-order valence-electron chi connectivity index (χ1n) is 7.51. The molecule has 24 heavy (non-hydrogen) atoms. The standard InChI is InChI=1S/C16H18N4O4/c1-8(2)7-20-10-6-12(24-4)11(23-3)5-9(10)17-13-14(20)18-16(22)19-15(13)21/h5-6,8H,7H2,1-4H3,(H,19,21,22). The average Bonchev–Trinajstić information content (AvgIpc) is 2.54. The maximum atomic E-state index is 12.1. The van der Waals surface area contributed by atoms with Crippen LogP contribution in [0.2, 0.25) is 0 Å². The Bertz CT molecular complexity index is 990. The van der Waals surface area contributed by atoms with Crippen molar-refractivity contribution in [3.05, 3.63) is 33.0 Å². The fraction of sp³-hybridized carbons (Fsp3) is 0.375. The van der Waals surface area contributed by atoms with Crippen molar-refractivity contribution in [2.24, 2.45) is 5.92 Å². The molecular weight excluding hydrogens is 312 g/mol. The first kappa shape index (κ1) is 16.0. The van der Waals surface area contributed by atoms with Crippen molar-refractivity contribution in [3.63, 3.8) is 0 Å². The van der Waals surface area contributed by atoms with E-state index in [4.69, 9.17) is 9.47 Å². The van der Waals surface area contributed by atoms with E-state index in [0.717, 1.165) is 0 Å². The lowest BCUT2D eigenvalue weighted by atomic mass is 10.1. The highest BCUT2D eigenvalue weighted by molar-refractivity contribution is 5.83. The Labute approximate surface area is 137 Å². The number of methoxy groups -OCH3 is 2. The number of ether oxygens (including phenoxy) is 2. The van der Waals surface area contributed by atoms with Gasteiger partial charge in [0.2, 0.25) is 0 Å². The second-order valence-corrected chi connectivity index (χ2v) is 5.86. The van der Waals surface area contributed by atoms with Gasteiger partial charge < -0.3 is 14.0 Å². The molecule has 0 amide bonds. The summed E-state index contributed by atoms with van der Waals surface area (Å²) in [5.74, 6) is 1.58. The van der Waals surface area contributed by atoms with Crippen molar-refractivity contribution < 1.29 is 9.47 Å². The van der Waals surface area contributed by atoms with Gasteiger partial charge in [0, 0.05) is 18.7 Å². The van der Waals surface area contributed by atoms with E-state index in [9.17, 15) is 9.59 Å². The molecule has 0 aromatic heterocycles. The molecule has 0 atom stereocenters. The highest BCUT2D eigenvalue weighted by Gasteiger charge is 2.20. The smallest absolute Gasteiger partial charge is 0.349 e. The molecule has 0 radical (unpaired) electrons. The van der Waals surface area contributed by atoms with Gasteiger partial charge in [-0.3, -0.25) is 9.78 Å². The van der Waals surface area contributed by atoms with Crippen LogP contribution in [0, 0.1) is 5.92 Å². The highest BCUT2D eigenvalue weighted by Crippen LogP contribution is 2.33. The van der Waals surface area contributed by atoms with Crippen LogP contribution in [0.15, 0.2) is 21.7 Å². The van der Waals surface area contributed by atoms with Crippen molar-refractivity contribution in [2.75, 3.05) is 14.2 Å². The van der Waals surface area contributed by atoms with Crippen molar-refractivity contribution in [1.29, 1.82) is 0 Å². The third-order valence-electron chi connectivity index (χ3n) is 3.66. The molecule has 0 saturated heterocycles. The Kier molecular flexibility index (Phi) is 3.96. The minimum Gasteiger partial charge on any atom is -0.493 e. The lowest BCUT2D eigenvalue weighted by Gasteiger charge is -2.19. The van der Waals surface area contributed by atoms with E-state index in [-0.39, 0.29) is 17.4 Å². The molecule has 2 aliphatic rings. The zero-order valence-electron chi connectivity index (χ0n) is 13.9. The number of aromatic amines is 1. The first-order valence-corrected chi connectivity index (χ1v) is 7.51. The number of benzene rings is 1. The maximum Gasteiger partial charge on any atom is 0.349 e. The van der Waals surface area contributed by atoms with Crippen LogP contribution < -0.4 is 20.7 Å². The molecule has 0 fully saturated rings. The van der Waals surface area contributed by atoms with Crippen LogP contribution in [-0.4, -0.2) is 33.7 Å². The summed E-state index contributed by atoms with van der Waals surface area (Å²) >= 11 is 0. The van der Waals surface area contributed by atoms with Gasteiger partial charge in [0.1, 0.15) is 0 Å². The van der Waals surface area contributed by atoms with E-state index >= 15 is 0 Å². The Morgan fingerprint density at radius 1 is 1.12 bits per heavy atom. The van der Waals surface area contributed by atoms with E-state index in [1.54, 1.807) is 19.2 Å². The fourth-order valence-electron chi connectivity index (χ4n) is 2.67. The molecule has 1 aromatic rings. The van der Waals surface area contributed by atoms with Crippen LogP contribution in [0.1, 0.15) is 13.8 Å². The van der Waals surface area contributed by atoms with Crippen molar-refractivity contribution in [2.45, 2.75) is 20.4 Å². The van der Waals surface area contributed by atoms with E-state index < -0.39 is 11.2 Å².